The summed E-state index contributed by atoms with van der Waals surface area (Å²) in [5.74, 6) is 0.625. The van der Waals surface area contributed by atoms with Gasteiger partial charge in [-0.1, -0.05) is 59.8 Å². The fourth-order valence-electron chi connectivity index (χ4n) is 5.48. The molecule has 200 valence electrons. The SMILES string of the molecule is COc1cc2c(cc1OC)-c1ccccc1[C@H](N(C(C)=O)c1ccc(F)cc1)c1c(-c3ccccc3)nnn1C2. The van der Waals surface area contributed by atoms with Gasteiger partial charge in [0.25, 0.3) is 0 Å². The van der Waals surface area contributed by atoms with Crippen molar-refractivity contribution in [3.05, 3.63) is 114 Å². The molecule has 6 rings (SSSR count). The minimum atomic E-state index is -0.620. The Morgan fingerprint density at radius 3 is 2.27 bits per heavy atom. The molecule has 40 heavy (non-hydrogen) atoms. The highest BCUT2D eigenvalue weighted by atomic mass is 19.1. The van der Waals surface area contributed by atoms with Gasteiger partial charge >= 0.3 is 0 Å². The summed E-state index contributed by atoms with van der Waals surface area (Å²) in [7, 11) is 3.22. The van der Waals surface area contributed by atoms with Gasteiger partial charge in [0, 0.05) is 18.2 Å². The molecule has 0 fully saturated rings. The number of methoxy groups -OCH3 is 2. The number of fused-ring (bicyclic) bond motifs is 4. The number of halogens is 1. The average Bonchev–Trinajstić information content (AvgIpc) is 3.38. The van der Waals surface area contributed by atoms with Crippen molar-refractivity contribution in [1.29, 1.82) is 0 Å². The molecule has 2 heterocycles. The smallest absolute Gasteiger partial charge is 0.224 e. The lowest BCUT2D eigenvalue weighted by atomic mass is 9.86. The van der Waals surface area contributed by atoms with E-state index >= 15 is 0 Å². The summed E-state index contributed by atoms with van der Waals surface area (Å²) in [6, 6.07) is 27.0. The van der Waals surface area contributed by atoms with Crippen LogP contribution in [-0.4, -0.2) is 35.1 Å². The van der Waals surface area contributed by atoms with Crippen molar-refractivity contribution in [1.82, 2.24) is 15.0 Å². The fourth-order valence-corrected chi connectivity index (χ4v) is 5.48. The van der Waals surface area contributed by atoms with Gasteiger partial charge in [0.05, 0.1) is 26.5 Å². The zero-order valence-corrected chi connectivity index (χ0v) is 22.3. The normalized spacial score (nSPS) is 13.8. The van der Waals surface area contributed by atoms with Crippen molar-refractivity contribution in [2.75, 3.05) is 19.1 Å². The topological polar surface area (TPSA) is 69.5 Å². The Labute approximate surface area is 231 Å². The number of nitrogens with zero attached hydrogens (tertiary/aromatic N) is 4. The quantitative estimate of drug-likeness (QED) is 0.266. The number of carbonyl (C=O) groups is 1. The molecule has 1 aliphatic heterocycles. The Bertz CT molecular complexity index is 1700. The second-order valence-electron chi connectivity index (χ2n) is 9.57. The highest BCUT2D eigenvalue weighted by Crippen LogP contribution is 2.46. The first-order valence-electron chi connectivity index (χ1n) is 12.9. The summed E-state index contributed by atoms with van der Waals surface area (Å²) in [4.78, 5) is 15.2. The molecule has 8 heteroatoms. The summed E-state index contributed by atoms with van der Waals surface area (Å²) in [6.45, 7) is 1.90. The van der Waals surface area contributed by atoms with E-state index in [2.05, 4.69) is 10.3 Å². The lowest BCUT2D eigenvalue weighted by Crippen LogP contribution is -2.36. The van der Waals surface area contributed by atoms with E-state index in [9.17, 15) is 9.18 Å². The molecule has 0 saturated heterocycles. The number of carbonyl (C=O) groups excluding carboxylic acids is 1. The van der Waals surface area contributed by atoms with Crippen LogP contribution in [0.1, 0.15) is 29.8 Å². The van der Waals surface area contributed by atoms with Crippen molar-refractivity contribution < 1.29 is 18.7 Å². The van der Waals surface area contributed by atoms with Gasteiger partial charge in [-0.25, -0.2) is 9.07 Å². The van der Waals surface area contributed by atoms with E-state index in [-0.39, 0.29) is 11.7 Å². The van der Waals surface area contributed by atoms with Crippen LogP contribution in [0.25, 0.3) is 22.4 Å². The second-order valence-corrected chi connectivity index (χ2v) is 9.57. The van der Waals surface area contributed by atoms with Crippen molar-refractivity contribution in [3.63, 3.8) is 0 Å². The molecular weight excluding hydrogens is 507 g/mol. The number of hydrogen-bond acceptors (Lipinski definition) is 5. The number of benzene rings is 4. The average molecular weight is 535 g/mol. The van der Waals surface area contributed by atoms with Crippen LogP contribution in [-0.2, 0) is 11.3 Å². The standard InChI is InChI=1S/C32H27FN4O3/c1-20(38)37(24-15-13-23(33)14-16-24)31-26-12-8-7-11-25(26)27-18-29(40-3)28(39-2)17-22(27)19-36-32(31)30(34-35-36)21-9-5-4-6-10-21/h4-18,31H,19H2,1-3H3/t31-/m0/s1. The van der Waals surface area contributed by atoms with Gasteiger partial charge in [-0.05, 0) is 58.7 Å². The first-order valence-corrected chi connectivity index (χ1v) is 12.9. The van der Waals surface area contributed by atoms with Gasteiger partial charge in [-0.2, -0.15) is 0 Å². The molecule has 5 aromatic rings. The summed E-state index contributed by atoms with van der Waals surface area (Å²) < 4.78 is 27.1. The molecule has 0 bridgehead atoms. The lowest BCUT2D eigenvalue weighted by Gasteiger charge is -2.35. The van der Waals surface area contributed by atoms with Crippen LogP contribution in [0.5, 0.6) is 11.5 Å². The van der Waals surface area contributed by atoms with E-state index in [1.165, 1.54) is 19.1 Å². The Morgan fingerprint density at radius 1 is 0.900 bits per heavy atom. The van der Waals surface area contributed by atoms with Gasteiger partial charge in [0.15, 0.2) is 11.5 Å². The second kappa shape index (κ2) is 10.3. The van der Waals surface area contributed by atoms with Crippen LogP contribution in [0.3, 0.4) is 0 Å². The van der Waals surface area contributed by atoms with Crippen LogP contribution in [0.2, 0.25) is 0 Å². The Morgan fingerprint density at radius 2 is 1.57 bits per heavy atom. The summed E-state index contributed by atoms with van der Waals surface area (Å²) >= 11 is 0. The molecule has 1 aliphatic rings. The third-order valence-electron chi connectivity index (χ3n) is 7.26. The third-order valence-corrected chi connectivity index (χ3v) is 7.26. The number of amides is 1. The maximum Gasteiger partial charge on any atom is 0.224 e. The zero-order valence-electron chi connectivity index (χ0n) is 22.3. The molecular formula is C32H27FN4O3. The molecule has 0 spiro atoms. The Balaban J connectivity index is 1.71. The maximum atomic E-state index is 14.0. The molecule has 7 nitrogen and oxygen atoms in total. The summed E-state index contributed by atoms with van der Waals surface area (Å²) in [6.07, 6.45) is 0. The van der Waals surface area contributed by atoms with Crippen LogP contribution in [0, 0.1) is 5.82 Å². The lowest BCUT2D eigenvalue weighted by molar-refractivity contribution is -0.116. The summed E-state index contributed by atoms with van der Waals surface area (Å²) in [5, 5.41) is 9.23. The largest absolute Gasteiger partial charge is 0.493 e. The predicted octanol–water partition coefficient (Wildman–Crippen LogP) is 6.27. The molecule has 1 aromatic heterocycles. The number of aromatic nitrogens is 3. The van der Waals surface area contributed by atoms with Crippen LogP contribution >= 0.6 is 0 Å². The zero-order chi connectivity index (χ0) is 27.8. The van der Waals surface area contributed by atoms with Crippen LogP contribution in [0.15, 0.2) is 91.0 Å². The monoisotopic (exact) mass is 534 g/mol. The number of rotatable bonds is 5. The molecule has 1 amide bonds. The van der Waals surface area contributed by atoms with E-state index in [1.807, 2.05) is 71.4 Å². The minimum absolute atomic E-state index is 0.203. The van der Waals surface area contributed by atoms with E-state index in [1.54, 1.807) is 31.3 Å². The number of hydrogen-bond donors (Lipinski definition) is 0. The van der Waals surface area contributed by atoms with E-state index in [0.29, 0.717) is 29.4 Å². The number of anilines is 1. The van der Waals surface area contributed by atoms with E-state index < -0.39 is 6.04 Å². The van der Waals surface area contributed by atoms with Crippen molar-refractivity contribution >= 4 is 11.6 Å². The molecule has 0 N–H and O–H groups in total. The Kier molecular flexibility index (Phi) is 6.51. The van der Waals surface area contributed by atoms with Gasteiger partial charge < -0.3 is 9.47 Å². The van der Waals surface area contributed by atoms with Gasteiger partial charge in [-0.3, -0.25) is 9.69 Å². The van der Waals surface area contributed by atoms with E-state index in [0.717, 1.165) is 33.5 Å². The predicted molar refractivity (Wildman–Crippen MR) is 151 cm³/mol. The minimum Gasteiger partial charge on any atom is -0.493 e. The third kappa shape index (κ3) is 4.27. The molecule has 4 aromatic carbocycles. The van der Waals surface area contributed by atoms with Gasteiger partial charge in [0.2, 0.25) is 5.91 Å². The first-order chi connectivity index (χ1) is 19.5. The van der Waals surface area contributed by atoms with Crippen molar-refractivity contribution in [3.8, 4) is 33.9 Å². The van der Waals surface area contributed by atoms with Crippen LogP contribution in [0.4, 0.5) is 10.1 Å². The number of ether oxygens (including phenoxy) is 2. The molecule has 0 aliphatic carbocycles. The maximum absolute atomic E-state index is 14.0. The first kappa shape index (κ1) is 25.3. The molecule has 0 saturated carbocycles. The molecule has 0 unspecified atom stereocenters. The molecule has 0 radical (unpaired) electrons. The van der Waals surface area contributed by atoms with Crippen molar-refractivity contribution in [2.24, 2.45) is 0 Å². The highest BCUT2D eigenvalue weighted by molar-refractivity contribution is 5.94. The van der Waals surface area contributed by atoms with E-state index in [4.69, 9.17) is 9.47 Å². The summed E-state index contributed by atoms with van der Waals surface area (Å²) in [5.41, 5.74) is 6.56. The fraction of sp³-hybridized carbons (Fsp3) is 0.156. The van der Waals surface area contributed by atoms with Crippen LogP contribution < -0.4 is 14.4 Å². The highest BCUT2D eigenvalue weighted by Gasteiger charge is 2.36. The van der Waals surface area contributed by atoms with Crippen molar-refractivity contribution in [2.45, 2.75) is 19.5 Å². The molecule has 1 atom stereocenters. The van der Waals surface area contributed by atoms with Gasteiger partial charge in [-0.15, -0.1) is 5.10 Å². The van der Waals surface area contributed by atoms with Gasteiger partial charge in [0.1, 0.15) is 17.6 Å². The Hall–Kier alpha value is -4.98.